The molecule has 2 amide bonds. The maximum absolute atomic E-state index is 13.4. The van der Waals surface area contributed by atoms with Gasteiger partial charge in [0.15, 0.2) is 0 Å². The first-order chi connectivity index (χ1) is 12.8. The van der Waals surface area contributed by atoms with Gasteiger partial charge in [0, 0.05) is 17.5 Å². The Morgan fingerprint density at radius 2 is 1.59 bits per heavy atom. The predicted octanol–water partition coefficient (Wildman–Crippen LogP) is 2.60. The highest BCUT2D eigenvalue weighted by Crippen LogP contribution is 2.60. The van der Waals surface area contributed by atoms with E-state index in [4.69, 9.17) is 0 Å². The third-order valence-corrected chi connectivity index (χ3v) is 7.73. The zero-order valence-corrected chi connectivity index (χ0v) is 17.2. The predicted molar refractivity (Wildman–Crippen MR) is 106 cm³/mol. The van der Waals surface area contributed by atoms with Gasteiger partial charge in [-0.1, -0.05) is 13.8 Å². The van der Waals surface area contributed by atoms with Gasteiger partial charge in [-0.05, 0) is 88.5 Å². The molecule has 3 atom stereocenters. The minimum Gasteiger partial charge on any atom is -0.351 e. The summed E-state index contributed by atoms with van der Waals surface area (Å²) in [5, 5.41) is 9.85. The van der Waals surface area contributed by atoms with E-state index in [0.29, 0.717) is 6.04 Å². The van der Waals surface area contributed by atoms with Gasteiger partial charge in [-0.25, -0.2) is 0 Å². The monoisotopic (exact) mass is 375 g/mol. The van der Waals surface area contributed by atoms with Crippen LogP contribution in [0.2, 0.25) is 0 Å². The maximum atomic E-state index is 13.4. The summed E-state index contributed by atoms with van der Waals surface area (Å²) in [4.78, 5) is 26.3. The Labute approximate surface area is 163 Å². The molecule has 3 N–H and O–H groups in total. The lowest BCUT2D eigenvalue weighted by molar-refractivity contribution is -0.149. The van der Waals surface area contributed by atoms with Crippen LogP contribution in [0.15, 0.2) is 0 Å². The fourth-order valence-electron chi connectivity index (χ4n) is 6.77. The highest BCUT2D eigenvalue weighted by molar-refractivity contribution is 5.90. The van der Waals surface area contributed by atoms with Gasteiger partial charge in [-0.2, -0.15) is 0 Å². The SMILES string of the molecule is CC1CC(NC(=O)C(NC(=O)C23CC4CC(CC(C4)C2)C3)C(C)C)CCN1. The van der Waals surface area contributed by atoms with Gasteiger partial charge in [-0.3, -0.25) is 9.59 Å². The molecular weight excluding hydrogens is 338 g/mol. The molecule has 1 heterocycles. The minimum absolute atomic E-state index is 0.00202. The first kappa shape index (κ1) is 19.2. The van der Waals surface area contributed by atoms with Crippen molar-refractivity contribution in [3.05, 3.63) is 0 Å². The summed E-state index contributed by atoms with van der Waals surface area (Å²) in [6, 6.07) is 0.227. The van der Waals surface area contributed by atoms with Crippen molar-refractivity contribution in [3.8, 4) is 0 Å². The number of nitrogens with one attached hydrogen (secondary N) is 3. The standard InChI is InChI=1S/C22H37N3O2/c1-13(2)19(20(26)24-18-4-5-23-14(3)6-18)25-21(27)22-10-15-7-16(11-22)9-17(8-15)12-22/h13-19,23H,4-12H2,1-3H3,(H,24,26)(H,25,27). The van der Waals surface area contributed by atoms with Crippen LogP contribution in [-0.2, 0) is 9.59 Å². The van der Waals surface area contributed by atoms with Crippen LogP contribution in [0.25, 0.3) is 0 Å². The maximum Gasteiger partial charge on any atom is 0.243 e. The minimum atomic E-state index is -0.421. The van der Waals surface area contributed by atoms with Crippen molar-refractivity contribution in [1.82, 2.24) is 16.0 Å². The van der Waals surface area contributed by atoms with Gasteiger partial charge in [0.1, 0.15) is 6.04 Å². The van der Waals surface area contributed by atoms with Crippen LogP contribution in [0.4, 0.5) is 0 Å². The van der Waals surface area contributed by atoms with E-state index >= 15 is 0 Å². The summed E-state index contributed by atoms with van der Waals surface area (Å²) in [6.07, 6.45) is 9.04. The number of hydrogen-bond acceptors (Lipinski definition) is 3. The van der Waals surface area contributed by atoms with Crippen molar-refractivity contribution in [2.75, 3.05) is 6.54 Å². The normalized spacial score (nSPS) is 41.4. The number of rotatable bonds is 5. The Balaban J connectivity index is 1.40. The van der Waals surface area contributed by atoms with E-state index in [1.165, 1.54) is 19.3 Å². The smallest absolute Gasteiger partial charge is 0.243 e. The van der Waals surface area contributed by atoms with E-state index in [-0.39, 0.29) is 29.2 Å². The van der Waals surface area contributed by atoms with Crippen molar-refractivity contribution >= 4 is 11.8 Å². The van der Waals surface area contributed by atoms with Crippen molar-refractivity contribution < 1.29 is 9.59 Å². The highest BCUT2D eigenvalue weighted by atomic mass is 16.2. The quantitative estimate of drug-likeness (QED) is 0.692. The van der Waals surface area contributed by atoms with Crippen molar-refractivity contribution in [2.45, 2.75) is 90.3 Å². The Kier molecular flexibility index (Phi) is 5.26. The molecule has 27 heavy (non-hydrogen) atoms. The molecule has 5 heteroatoms. The summed E-state index contributed by atoms with van der Waals surface area (Å²) >= 11 is 0. The third-order valence-electron chi connectivity index (χ3n) is 7.73. The molecule has 3 unspecified atom stereocenters. The zero-order valence-electron chi connectivity index (χ0n) is 17.2. The van der Waals surface area contributed by atoms with E-state index in [2.05, 4.69) is 22.9 Å². The molecule has 5 aliphatic rings. The topological polar surface area (TPSA) is 70.2 Å². The van der Waals surface area contributed by atoms with Gasteiger partial charge in [0.25, 0.3) is 0 Å². The van der Waals surface area contributed by atoms with Crippen molar-refractivity contribution in [2.24, 2.45) is 29.1 Å². The third kappa shape index (κ3) is 3.90. The van der Waals surface area contributed by atoms with Crippen LogP contribution in [0.3, 0.4) is 0 Å². The first-order valence-electron chi connectivity index (χ1n) is 11.2. The molecule has 152 valence electrons. The number of carbonyl (C=O) groups is 2. The highest BCUT2D eigenvalue weighted by Gasteiger charge is 2.55. The Bertz CT molecular complexity index is 553. The molecule has 1 aliphatic heterocycles. The van der Waals surface area contributed by atoms with E-state index < -0.39 is 6.04 Å². The molecule has 5 rings (SSSR count). The van der Waals surface area contributed by atoms with Crippen LogP contribution in [0.1, 0.15) is 72.1 Å². The molecule has 5 nitrogen and oxygen atoms in total. The Morgan fingerprint density at radius 1 is 1.00 bits per heavy atom. The molecule has 5 fully saturated rings. The molecule has 0 aromatic rings. The molecule has 0 radical (unpaired) electrons. The first-order valence-corrected chi connectivity index (χ1v) is 11.2. The Morgan fingerprint density at radius 3 is 2.11 bits per heavy atom. The fraction of sp³-hybridized carbons (Fsp3) is 0.909. The molecule has 0 aromatic carbocycles. The summed E-state index contributed by atoms with van der Waals surface area (Å²) < 4.78 is 0. The van der Waals surface area contributed by atoms with Gasteiger partial charge < -0.3 is 16.0 Å². The lowest BCUT2D eigenvalue weighted by atomic mass is 9.49. The van der Waals surface area contributed by atoms with E-state index in [1.54, 1.807) is 0 Å². The molecule has 4 saturated carbocycles. The largest absolute Gasteiger partial charge is 0.351 e. The van der Waals surface area contributed by atoms with Crippen molar-refractivity contribution in [1.29, 1.82) is 0 Å². The molecule has 4 bridgehead atoms. The number of hydrogen-bond donors (Lipinski definition) is 3. The second-order valence-electron chi connectivity index (χ2n) is 10.5. The van der Waals surface area contributed by atoms with E-state index in [1.807, 2.05) is 13.8 Å². The van der Waals surface area contributed by atoms with E-state index in [0.717, 1.165) is 56.4 Å². The summed E-state index contributed by atoms with van der Waals surface area (Å²) in [5.74, 6) is 2.48. The van der Waals surface area contributed by atoms with E-state index in [9.17, 15) is 9.59 Å². The molecule has 0 spiro atoms. The number of piperidine rings is 1. The zero-order chi connectivity index (χ0) is 19.2. The van der Waals surface area contributed by atoms with Gasteiger partial charge in [0.2, 0.25) is 11.8 Å². The Hall–Kier alpha value is -1.10. The van der Waals surface area contributed by atoms with Crippen LogP contribution in [-0.4, -0.2) is 36.5 Å². The van der Waals surface area contributed by atoms with Crippen LogP contribution >= 0.6 is 0 Å². The lowest BCUT2D eigenvalue weighted by Gasteiger charge is -2.55. The lowest BCUT2D eigenvalue weighted by Crippen LogP contribution is -2.59. The van der Waals surface area contributed by atoms with Gasteiger partial charge in [-0.15, -0.1) is 0 Å². The molecule has 0 aromatic heterocycles. The van der Waals surface area contributed by atoms with Crippen LogP contribution in [0, 0.1) is 29.1 Å². The summed E-state index contributed by atoms with van der Waals surface area (Å²) in [7, 11) is 0. The number of carbonyl (C=O) groups excluding carboxylic acids is 2. The molecule has 1 saturated heterocycles. The van der Waals surface area contributed by atoms with Gasteiger partial charge in [0.05, 0.1) is 0 Å². The number of amides is 2. The fourth-order valence-corrected chi connectivity index (χ4v) is 6.77. The molecular formula is C22H37N3O2. The average molecular weight is 376 g/mol. The summed E-state index contributed by atoms with van der Waals surface area (Å²) in [6.45, 7) is 7.18. The van der Waals surface area contributed by atoms with Crippen LogP contribution < -0.4 is 16.0 Å². The second-order valence-corrected chi connectivity index (χ2v) is 10.5. The van der Waals surface area contributed by atoms with Crippen LogP contribution in [0.5, 0.6) is 0 Å². The van der Waals surface area contributed by atoms with Crippen molar-refractivity contribution in [3.63, 3.8) is 0 Å². The molecule has 4 aliphatic carbocycles. The second kappa shape index (κ2) is 7.38. The average Bonchev–Trinajstić information content (AvgIpc) is 2.57. The summed E-state index contributed by atoms with van der Waals surface area (Å²) in [5.41, 5.74) is -0.189. The van der Waals surface area contributed by atoms with Gasteiger partial charge >= 0.3 is 0 Å².